The van der Waals surface area contributed by atoms with E-state index in [1.165, 1.54) is 18.2 Å². The van der Waals surface area contributed by atoms with Gasteiger partial charge in [0.15, 0.2) is 5.11 Å². The van der Waals surface area contributed by atoms with E-state index in [9.17, 15) is 14.0 Å². The number of amides is 2. The molecule has 0 atom stereocenters. The Hall–Kier alpha value is -2.71. The van der Waals surface area contributed by atoms with Crippen molar-refractivity contribution in [3.63, 3.8) is 0 Å². The highest BCUT2D eigenvalue weighted by Gasteiger charge is 2.22. The summed E-state index contributed by atoms with van der Waals surface area (Å²) in [5.74, 6) is -0.832. The third kappa shape index (κ3) is 6.15. The predicted molar refractivity (Wildman–Crippen MR) is 125 cm³/mol. The van der Waals surface area contributed by atoms with Gasteiger partial charge in [-0.25, -0.2) is 4.39 Å². The molecule has 0 spiro atoms. The van der Waals surface area contributed by atoms with Gasteiger partial charge in [-0.3, -0.25) is 14.9 Å². The molecular weight excluding hydrogens is 439 g/mol. The minimum Gasteiger partial charge on any atom is -0.366 e. The normalized spacial score (nSPS) is 13.6. The van der Waals surface area contributed by atoms with Gasteiger partial charge >= 0.3 is 0 Å². The molecule has 0 aliphatic carbocycles. The number of nitrogens with zero attached hydrogens (tertiary/aromatic N) is 2. The Balaban J connectivity index is 1.67. The number of nitrogens with one attached hydrogen (secondary N) is 2. The maximum atomic E-state index is 13.4. The van der Waals surface area contributed by atoms with E-state index in [4.69, 9.17) is 23.8 Å². The molecule has 0 bridgehead atoms. The number of piperazine rings is 1. The summed E-state index contributed by atoms with van der Waals surface area (Å²) in [5.41, 5.74) is 1.68. The highest BCUT2D eigenvalue weighted by atomic mass is 35.5. The van der Waals surface area contributed by atoms with Crippen LogP contribution in [0.2, 0.25) is 5.02 Å². The molecule has 3 rings (SSSR count). The summed E-state index contributed by atoms with van der Waals surface area (Å²) in [6.45, 7) is 4.63. The highest BCUT2D eigenvalue weighted by Crippen LogP contribution is 2.30. The van der Waals surface area contributed by atoms with Gasteiger partial charge in [-0.05, 0) is 55.0 Å². The zero-order chi connectivity index (χ0) is 22.4. The van der Waals surface area contributed by atoms with Gasteiger partial charge in [0, 0.05) is 43.2 Å². The van der Waals surface area contributed by atoms with Crippen molar-refractivity contribution in [2.45, 2.75) is 19.8 Å². The highest BCUT2D eigenvalue weighted by molar-refractivity contribution is 7.80. The molecule has 31 heavy (non-hydrogen) atoms. The van der Waals surface area contributed by atoms with Crippen molar-refractivity contribution in [2.24, 2.45) is 0 Å². The quantitative estimate of drug-likeness (QED) is 0.656. The van der Waals surface area contributed by atoms with Crippen molar-refractivity contribution in [1.82, 2.24) is 10.2 Å². The van der Waals surface area contributed by atoms with E-state index in [0.29, 0.717) is 43.3 Å². The van der Waals surface area contributed by atoms with Crippen LogP contribution in [0.4, 0.5) is 15.8 Å². The molecule has 2 N–H and O–H groups in total. The number of rotatable bonds is 5. The second-order valence-electron chi connectivity index (χ2n) is 7.20. The fraction of sp³-hybridized carbons (Fsp3) is 0.318. The summed E-state index contributed by atoms with van der Waals surface area (Å²) in [6, 6.07) is 10.8. The molecule has 6 nitrogen and oxygen atoms in total. The average molecular weight is 463 g/mol. The van der Waals surface area contributed by atoms with Crippen LogP contribution in [0, 0.1) is 5.82 Å². The smallest absolute Gasteiger partial charge is 0.257 e. The topological polar surface area (TPSA) is 64.7 Å². The minimum atomic E-state index is -0.511. The number of thiocarbonyl (C=S) groups is 1. The lowest BCUT2D eigenvalue weighted by molar-refractivity contribution is -0.131. The summed E-state index contributed by atoms with van der Waals surface area (Å²) >= 11 is 11.5. The number of carbonyl (C=O) groups excluding carboxylic acids is 2. The standard InChI is InChI=1S/C22H24ClFN4O2S/c1-2-4-20(29)28-11-9-27(10-12-28)19-8-7-16(23)14-18(19)25-22(31)26-21(30)15-5-3-6-17(24)13-15/h3,5-8,13-14H,2,4,9-12H2,1H3,(H2,25,26,30,31). The Morgan fingerprint density at radius 2 is 1.87 bits per heavy atom. The number of hydrogen-bond donors (Lipinski definition) is 2. The molecule has 9 heteroatoms. The van der Waals surface area contributed by atoms with E-state index in [0.717, 1.165) is 18.2 Å². The molecule has 0 radical (unpaired) electrons. The van der Waals surface area contributed by atoms with Gasteiger partial charge < -0.3 is 15.1 Å². The van der Waals surface area contributed by atoms with Crippen LogP contribution >= 0.6 is 23.8 Å². The molecule has 1 heterocycles. The van der Waals surface area contributed by atoms with Crippen LogP contribution in [0.5, 0.6) is 0 Å². The van der Waals surface area contributed by atoms with Gasteiger partial charge in [-0.1, -0.05) is 24.6 Å². The van der Waals surface area contributed by atoms with Crippen LogP contribution < -0.4 is 15.5 Å². The van der Waals surface area contributed by atoms with Crippen molar-refractivity contribution in [2.75, 3.05) is 36.4 Å². The molecule has 2 amide bonds. The van der Waals surface area contributed by atoms with E-state index in [2.05, 4.69) is 15.5 Å². The number of anilines is 2. The summed E-state index contributed by atoms with van der Waals surface area (Å²) < 4.78 is 13.4. The van der Waals surface area contributed by atoms with E-state index >= 15 is 0 Å². The molecule has 2 aromatic carbocycles. The summed E-state index contributed by atoms with van der Waals surface area (Å²) in [6.07, 6.45) is 1.40. The van der Waals surface area contributed by atoms with E-state index < -0.39 is 11.7 Å². The second kappa shape index (κ2) is 10.5. The molecule has 1 saturated heterocycles. The summed E-state index contributed by atoms with van der Waals surface area (Å²) in [7, 11) is 0. The molecule has 2 aromatic rings. The fourth-order valence-corrected chi connectivity index (χ4v) is 3.79. The first-order valence-electron chi connectivity index (χ1n) is 10.1. The minimum absolute atomic E-state index is 0.0783. The lowest BCUT2D eigenvalue weighted by Gasteiger charge is -2.37. The van der Waals surface area contributed by atoms with E-state index in [1.807, 2.05) is 17.9 Å². The van der Waals surface area contributed by atoms with Gasteiger partial charge in [0.05, 0.1) is 11.4 Å². The molecule has 1 aliphatic heterocycles. The summed E-state index contributed by atoms with van der Waals surface area (Å²) in [4.78, 5) is 28.5. The third-order valence-corrected chi connectivity index (χ3v) is 5.40. The Labute approximate surface area is 191 Å². The lowest BCUT2D eigenvalue weighted by atomic mass is 10.2. The van der Waals surface area contributed by atoms with Gasteiger partial charge in [0.25, 0.3) is 5.91 Å². The first-order valence-corrected chi connectivity index (χ1v) is 10.9. The fourth-order valence-electron chi connectivity index (χ4n) is 3.41. The molecule has 1 aliphatic rings. The van der Waals surface area contributed by atoms with E-state index in [-0.39, 0.29) is 16.6 Å². The predicted octanol–water partition coefficient (Wildman–Crippen LogP) is 4.05. The van der Waals surface area contributed by atoms with Crippen molar-refractivity contribution >= 4 is 52.1 Å². The second-order valence-corrected chi connectivity index (χ2v) is 8.04. The van der Waals surface area contributed by atoms with Crippen molar-refractivity contribution < 1.29 is 14.0 Å². The van der Waals surface area contributed by atoms with Crippen LogP contribution in [-0.4, -0.2) is 48.0 Å². The van der Waals surface area contributed by atoms with Gasteiger partial charge in [0.2, 0.25) is 5.91 Å². The van der Waals surface area contributed by atoms with Crippen LogP contribution in [0.3, 0.4) is 0 Å². The molecule has 0 saturated carbocycles. The Kier molecular flexibility index (Phi) is 7.81. The maximum Gasteiger partial charge on any atom is 0.257 e. The monoisotopic (exact) mass is 462 g/mol. The van der Waals surface area contributed by atoms with Crippen LogP contribution in [-0.2, 0) is 4.79 Å². The van der Waals surface area contributed by atoms with Crippen LogP contribution in [0.25, 0.3) is 0 Å². The first kappa shape index (κ1) is 23.0. The Morgan fingerprint density at radius 1 is 1.13 bits per heavy atom. The number of carbonyl (C=O) groups is 2. The third-order valence-electron chi connectivity index (χ3n) is 4.96. The number of benzene rings is 2. The van der Waals surface area contributed by atoms with Crippen molar-refractivity contribution in [3.05, 3.63) is 58.9 Å². The summed E-state index contributed by atoms with van der Waals surface area (Å²) in [5, 5.41) is 6.17. The van der Waals surface area contributed by atoms with Gasteiger partial charge in [-0.15, -0.1) is 0 Å². The zero-order valence-electron chi connectivity index (χ0n) is 17.2. The molecular formula is C22H24ClFN4O2S. The van der Waals surface area contributed by atoms with Crippen LogP contribution in [0.1, 0.15) is 30.1 Å². The van der Waals surface area contributed by atoms with E-state index in [1.54, 1.807) is 12.1 Å². The zero-order valence-corrected chi connectivity index (χ0v) is 18.7. The molecule has 164 valence electrons. The molecule has 0 aromatic heterocycles. The van der Waals surface area contributed by atoms with Crippen LogP contribution in [0.15, 0.2) is 42.5 Å². The number of halogens is 2. The molecule has 0 unspecified atom stereocenters. The average Bonchev–Trinajstić information content (AvgIpc) is 2.74. The van der Waals surface area contributed by atoms with Crippen molar-refractivity contribution in [3.8, 4) is 0 Å². The Bertz CT molecular complexity index is 980. The first-order chi connectivity index (χ1) is 14.9. The lowest BCUT2D eigenvalue weighted by Crippen LogP contribution is -2.49. The Morgan fingerprint density at radius 3 is 2.55 bits per heavy atom. The van der Waals surface area contributed by atoms with Crippen molar-refractivity contribution in [1.29, 1.82) is 0 Å². The maximum absolute atomic E-state index is 13.4. The molecule has 1 fully saturated rings. The SMILES string of the molecule is CCCC(=O)N1CCN(c2ccc(Cl)cc2NC(=S)NC(=O)c2cccc(F)c2)CC1. The van der Waals surface area contributed by atoms with Gasteiger partial charge in [-0.2, -0.15) is 0 Å². The number of hydrogen-bond acceptors (Lipinski definition) is 4. The largest absolute Gasteiger partial charge is 0.366 e. The van der Waals surface area contributed by atoms with Gasteiger partial charge in [0.1, 0.15) is 5.82 Å².